The van der Waals surface area contributed by atoms with E-state index in [2.05, 4.69) is 97.1 Å². The highest BCUT2D eigenvalue weighted by atomic mass is 16.1. The third kappa shape index (κ3) is 4.02. The Hall–Kier alpha value is -4.23. The smallest absolute Gasteiger partial charge is 0.153 e. The summed E-state index contributed by atoms with van der Waals surface area (Å²) >= 11 is 0. The SMILES string of the molecule is CC(=O)C=C1C(c2ccccc2)=C(c2ccccc2)C(c2ccccc2)=C1c1ccccc1. The van der Waals surface area contributed by atoms with E-state index in [1.807, 2.05) is 24.3 Å². The molecule has 1 nitrogen and oxygen atoms in total. The fourth-order valence-electron chi connectivity index (χ4n) is 4.59. The molecule has 0 aromatic heterocycles. The van der Waals surface area contributed by atoms with E-state index in [-0.39, 0.29) is 5.78 Å². The number of benzene rings is 4. The summed E-state index contributed by atoms with van der Waals surface area (Å²) in [5.41, 5.74) is 9.93. The number of rotatable bonds is 5. The van der Waals surface area contributed by atoms with Gasteiger partial charge in [0.2, 0.25) is 0 Å². The van der Waals surface area contributed by atoms with Crippen LogP contribution in [0.15, 0.2) is 133 Å². The van der Waals surface area contributed by atoms with Crippen molar-refractivity contribution in [3.05, 3.63) is 155 Å². The van der Waals surface area contributed by atoms with Crippen molar-refractivity contribution in [2.45, 2.75) is 6.92 Å². The summed E-state index contributed by atoms with van der Waals surface area (Å²) in [5.74, 6) is 0.0357. The second-order valence-electron chi connectivity index (χ2n) is 8.13. The molecule has 0 radical (unpaired) electrons. The van der Waals surface area contributed by atoms with Gasteiger partial charge in [-0.25, -0.2) is 0 Å². The van der Waals surface area contributed by atoms with Crippen molar-refractivity contribution >= 4 is 28.1 Å². The lowest BCUT2D eigenvalue weighted by molar-refractivity contribution is -0.112. The molecule has 0 aliphatic heterocycles. The number of ketones is 1. The van der Waals surface area contributed by atoms with Crippen LogP contribution in [0, 0.1) is 0 Å². The van der Waals surface area contributed by atoms with Crippen molar-refractivity contribution in [3.63, 3.8) is 0 Å². The zero-order chi connectivity index (χ0) is 22.6. The van der Waals surface area contributed by atoms with E-state index < -0.39 is 0 Å². The Morgan fingerprint density at radius 2 is 0.727 bits per heavy atom. The Morgan fingerprint density at radius 1 is 0.455 bits per heavy atom. The first kappa shape index (κ1) is 20.7. The van der Waals surface area contributed by atoms with Gasteiger partial charge in [0.25, 0.3) is 0 Å². The zero-order valence-electron chi connectivity index (χ0n) is 18.5. The lowest BCUT2D eigenvalue weighted by Gasteiger charge is -2.14. The summed E-state index contributed by atoms with van der Waals surface area (Å²) in [6.45, 7) is 1.63. The van der Waals surface area contributed by atoms with Crippen LogP contribution in [-0.2, 0) is 4.79 Å². The number of allylic oxidation sites excluding steroid dienone is 6. The summed E-state index contributed by atoms with van der Waals surface area (Å²) in [6.07, 6.45) is 1.80. The standard InChI is InChI=1S/C32H24O/c1-23(33)22-28-29(24-14-6-2-7-15-24)31(26-18-10-4-11-19-26)32(27-20-12-5-13-21-27)30(28)25-16-8-3-9-17-25/h2-22H,1H3. The third-order valence-electron chi connectivity index (χ3n) is 5.89. The van der Waals surface area contributed by atoms with Gasteiger partial charge >= 0.3 is 0 Å². The normalized spacial score (nSPS) is 13.4. The molecular weight excluding hydrogens is 400 g/mol. The average molecular weight is 425 g/mol. The quantitative estimate of drug-likeness (QED) is 0.300. The molecule has 0 fully saturated rings. The topological polar surface area (TPSA) is 17.1 Å². The third-order valence-corrected chi connectivity index (χ3v) is 5.89. The van der Waals surface area contributed by atoms with Gasteiger partial charge in [0, 0.05) is 0 Å². The summed E-state index contributed by atoms with van der Waals surface area (Å²) < 4.78 is 0. The van der Waals surface area contributed by atoms with Gasteiger partial charge < -0.3 is 0 Å². The minimum absolute atomic E-state index is 0.0357. The Balaban J connectivity index is 1.95. The van der Waals surface area contributed by atoms with Gasteiger partial charge in [-0.2, -0.15) is 0 Å². The maximum atomic E-state index is 12.5. The highest BCUT2D eigenvalue weighted by Gasteiger charge is 2.32. The number of carbonyl (C=O) groups excluding carboxylic acids is 1. The molecule has 0 amide bonds. The van der Waals surface area contributed by atoms with Crippen LogP contribution >= 0.6 is 0 Å². The Bertz CT molecular complexity index is 1270. The minimum Gasteiger partial charge on any atom is -0.295 e. The van der Waals surface area contributed by atoms with Crippen molar-refractivity contribution in [1.29, 1.82) is 0 Å². The van der Waals surface area contributed by atoms with Crippen LogP contribution in [0.3, 0.4) is 0 Å². The largest absolute Gasteiger partial charge is 0.295 e. The van der Waals surface area contributed by atoms with Crippen LogP contribution < -0.4 is 0 Å². The van der Waals surface area contributed by atoms with Crippen molar-refractivity contribution < 1.29 is 4.79 Å². The van der Waals surface area contributed by atoms with E-state index in [0.29, 0.717) is 0 Å². The predicted octanol–water partition coefficient (Wildman–Crippen LogP) is 7.74. The molecule has 0 saturated heterocycles. The molecule has 33 heavy (non-hydrogen) atoms. The Kier molecular flexibility index (Phi) is 5.70. The first-order chi connectivity index (χ1) is 16.2. The molecule has 4 aromatic rings. The van der Waals surface area contributed by atoms with E-state index in [1.54, 1.807) is 13.0 Å². The number of hydrogen-bond donors (Lipinski definition) is 0. The maximum Gasteiger partial charge on any atom is 0.153 e. The molecular formula is C32H24O. The molecule has 0 atom stereocenters. The molecule has 0 saturated carbocycles. The van der Waals surface area contributed by atoms with Gasteiger partial charge in [0.15, 0.2) is 5.78 Å². The number of carbonyl (C=O) groups is 1. The minimum atomic E-state index is 0.0357. The van der Waals surface area contributed by atoms with Gasteiger partial charge in [0.1, 0.15) is 0 Å². The van der Waals surface area contributed by atoms with Gasteiger partial charge in [-0.15, -0.1) is 0 Å². The number of hydrogen-bond acceptors (Lipinski definition) is 1. The van der Waals surface area contributed by atoms with E-state index in [0.717, 1.165) is 50.1 Å². The van der Waals surface area contributed by atoms with Crippen LogP contribution in [0.5, 0.6) is 0 Å². The van der Waals surface area contributed by atoms with Crippen LogP contribution in [0.25, 0.3) is 22.3 Å². The lowest BCUT2D eigenvalue weighted by Crippen LogP contribution is -1.95. The molecule has 1 aliphatic carbocycles. The van der Waals surface area contributed by atoms with Crippen molar-refractivity contribution in [3.8, 4) is 0 Å². The van der Waals surface area contributed by atoms with Crippen molar-refractivity contribution in [2.75, 3.05) is 0 Å². The fourth-order valence-corrected chi connectivity index (χ4v) is 4.59. The van der Waals surface area contributed by atoms with E-state index >= 15 is 0 Å². The summed E-state index contributed by atoms with van der Waals surface area (Å²) in [6, 6.07) is 41.8. The Labute approximate surface area is 195 Å². The maximum absolute atomic E-state index is 12.5. The molecule has 0 heterocycles. The summed E-state index contributed by atoms with van der Waals surface area (Å²) in [7, 11) is 0. The molecule has 4 aromatic carbocycles. The van der Waals surface area contributed by atoms with Crippen LogP contribution in [0.2, 0.25) is 0 Å². The average Bonchev–Trinajstić information content (AvgIpc) is 3.20. The van der Waals surface area contributed by atoms with Crippen LogP contribution in [-0.4, -0.2) is 5.78 Å². The molecule has 1 aliphatic rings. The van der Waals surface area contributed by atoms with Crippen molar-refractivity contribution in [2.24, 2.45) is 0 Å². The Morgan fingerprint density at radius 3 is 1.00 bits per heavy atom. The second kappa shape index (κ2) is 9.10. The first-order valence-corrected chi connectivity index (χ1v) is 11.2. The molecule has 1 heteroatoms. The monoisotopic (exact) mass is 424 g/mol. The first-order valence-electron chi connectivity index (χ1n) is 11.2. The molecule has 5 rings (SSSR count). The van der Waals surface area contributed by atoms with Crippen molar-refractivity contribution in [1.82, 2.24) is 0 Å². The van der Waals surface area contributed by atoms with Gasteiger partial charge in [-0.05, 0) is 63.1 Å². The molecule has 0 N–H and O–H groups in total. The van der Waals surface area contributed by atoms with Gasteiger partial charge in [-0.1, -0.05) is 121 Å². The van der Waals surface area contributed by atoms with E-state index in [4.69, 9.17) is 0 Å². The van der Waals surface area contributed by atoms with Gasteiger partial charge in [0.05, 0.1) is 0 Å². The summed E-state index contributed by atoms with van der Waals surface area (Å²) in [4.78, 5) is 12.5. The van der Waals surface area contributed by atoms with E-state index in [1.165, 1.54) is 0 Å². The summed E-state index contributed by atoms with van der Waals surface area (Å²) in [5, 5.41) is 0. The lowest BCUT2D eigenvalue weighted by atomic mass is 9.89. The molecule has 158 valence electrons. The molecule has 0 spiro atoms. The zero-order valence-corrected chi connectivity index (χ0v) is 18.5. The fraction of sp³-hybridized carbons (Fsp3) is 0.0312. The van der Waals surface area contributed by atoms with E-state index in [9.17, 15) is 4.79 Å². The highest BCUT2D eigenvalue weighted by Crippen LogP contribution is 2.54. The molecule has 0 bridgehead atoms. The second-order valence-corrected chi connectivity index (χ2v) is 8.13. The van der Waals surface area contributed by atoms with Gasteiger partial charge in [-0.3, -0.25) is 4.79 Å². The van der Waals surface area contributed by atoms with Crippen LogP contribution in [0.1, 0.15) is 29.2 Å². The highest BCUT2D eigenvalue weighted by molar-refractivity contribution is 6.35. The van der Waals surface area contributed by atoms with Crippen LogP contribution in [0.4, 0.5) is 0 Å². The molecule has 0 unspecified atom stereocenters. The predicted molar refractivity (Wildman–Crippen MR) is 138 cm³/mol.